The van der Waals surface area contributed by atoms with Crippen LogP contribution in [0.3, 0.4) is 0 Å². The molecule has 0 saturated heterocycles. The number of hydrogen-bond donors (Lipinski definition) is 3. The van der Waals surface area contributed by atoms with Crippen LogP contribution in [0.2, 0.25) is 0 Å². The smallest absolute Gasteiger partial charge is 0.321 e. The Bertz CT molecular complexity index is 1060. The number of benzene rings is 2. The average Bonchev–Trinajstić information content (AvgIpc) is 3.04. The Balaban J connectivity index is 1.64. The van der Waals surface area contributed by atoms with Gasteiger partial charge in [-0.1, -0.05) is 11.3 Å². The number of nitrogens with one attached hydrogen (secondary N) is 3. The molecule has 0 spiro atoms. The van der Waals surface area contributed by atoms with Crippen molar-refractivity contribution >= 4 is 45.6 Å². The summed E-state index contributed by atoms with van der Waals surface area (Å²) in [6, 6.07) is 11.3. The van der Waals surface area contributed by atoms with Gasteiger partial charge >= 0.3 is 6.03 Å². The molecular weight excluding hydrogens is 395 g/mol. The topological polar surface area (TPSA) is 100 Å². The maximum absolute atomic E-state index is 12.9. The maximum atomic E-state index is 12.9. The van der Waals surface area contributed by atoms with Crippen LogP contribution in [0.15, 0.2) is 48.5 Å². The molecule has 3 amide bonds. The quantitative estimate of drug-likeness (QED) is 0.529. The number of thiazole rings is 1. The predicted molar refractivity (Wildman–Crippen MR) is 110 cm³/mol. The monoisotopic (exact) mass is 412 g/mol. The van der Waals surface area contributed by atoms with Crippen molar-refractivity contribution in [3.63, 3.8) is 0 Å². The molecule has 2 aromatic carbocycles. The standard InChI is InChI=1S/C20H17FN4O3S/c1-11-17(18(27)23-15-7-3-13(4-8-15)12(2)26)29-20(22-11)25-19(28)24-16-9-5-14(21)6-10-16/h3-10H,1-2H3,(H,23,27)(H2,22,24,25,28). The molecule has 148 valence electrons. The van der Waals surface area contributed by atoms with Crippen molar-refractivity contribution in [3.05, 3.63) is 70.5 Å². The molecule has 9 heteroatoms. The molecule has 0 aliphatic rings. The second-order valence-electron chi connectivity index (χ2n) is 6.11. The van der Waals surface area contributed by atoms with E-state index in [0.717, 1.165) is 11.3 Å². The molecule has 0 bridgehead atoms. The summed E-state index contributed by atoms with van der Waals surface area (Å²) in [6.07, 6.45) is 0. The second-order valence-corrected chi connectivity index (χ2v) is 7.11. The Kier molecular flexibility index (Phi) is 5.99. The van der Waals surface area contributed by atoms with Gasteiger partial charge in [-0.3, -0.25) is 14.9 Å². The van der Waals surface area contributed by atoms with Gasteiger partial charge in [-0.05, 0) is 62.4 Å². The lowest BCUT2D eigenvalue weighted by Crippen LogP contribution is -2.19. The highest BCUT2D eigenvalue weighted by molar-refractivity contribution is 7.17. The van der Waals surface area contributed by atoms with Crippen LogP contribution >= 0.6 is 11.3 Å². The fraction of sp³-hybridized carbons (Fsp3) is 0.100. The van der Waals surface area contributed by atoms with Gasteiger partial charge in [0.2, 0.25) is 0 Å². The third kappa shape index (κ3) is 5.23. The van der Waals surface area contributed by atoms with Crippen LogP contribution in [-0.2, 0) is 0 Å². The Morgan fingerprint density at radius 1 is 0.897 bits per heavy atom. The average molecular weight is 412 g/mol. The number of anilines is 3. The lowest BCUT2D eigenvalue weighted by Gasteiger charge is -2.05. The molecule has 0 aliphatic heterocycles. The van der Waals surface area contributed by atoms with Crippen molar-refractivity contribution in [2.75, 3.05) is 16.0 Å². The first kappa shape index (κ1) is 20.2. The highest BCUT2D eigenvalue weighted by atomic mass is 32.1. The minimum Gasteiger partial charge on any atom is -0.321 e. The van der Waals surface area contributed by atoms with Gasteiger partial charge in [0.05, 0.1) is 5.69 Å². The number of aryl methyl sites for hydroxylation is 1. The van der Waals surface area contributed by atoms with Crippen molar-refractivity contribution < 1.29 is 18.8 Å². The van der Waals surface area contributed by atoms with Crippen LogP contribution in [0.5, 0.6) is 0 Å². The Morgan fingerprint density at radius 2 is 1.48 bits per heavy atom. The predicted octanol–water partition coefficient (Wildman–Crippen LogP) is 4.69. The molecule has 0 fully saturated rings. The number of aromatic nitrogens is 1. The van der Waals surface area contributed by atoms with Crippen LogP contribution in [0, 0.1) is 12.7 Å². The molecule has 1 heterocycles. The van der Waals surface area contributed by atoms with E-state index in [1.165, 1.54) is 31.2 Å². The summed E-state index contributed by atoms with van der Waals surface area (Å²) in [5.41, 5.74) is 1.97. The fourth-order valence-electron chi connectivity index (χ4n) is 2.43. The number of rotatable bonds is 5. The van der Waals surface area contributed by atoms with Gasteiger partial charge in [-0.15, -0.1) is 0 Å². The van der Waals surface area contributed by atoms with Crippen molar-refractivity contribution in [3.8, 4) is 0 Å². The van der Waals surface area contributed by atoms with Crippen molar-refractivity contribution in [1.29, 1.82) is 0 Å². The van der Waals surface area contributed by atoms with Crippen molar-refractivity contribution in [1.82, 2.24) is 4.98 Å². The van der Waals surface area contributed by atoms with E-state index < -0.39 is 11.8 Å². The van der Waals surface area contributed by atoms with Gasteiger partial charge in [0, 0.05) is 16.9 Å². The molecule has 0 unspecified atom stereocenters. The van der Waals surface area contributed by atoms with E-state index in [2.05, 4.69) is 20.9 Å². The number of amides is 3. The highest BCUT2D eigenvalue weighted by Gasteiger charge is 2.17. The Labute approximate surface area is 170 Å². The third-order valence-corrected chi connectivity index (χ3v) is 4.95. The lowest BCUT2D eigenvalue weighted by atomic mass is 10.1. The van der Waals surface area contributed by atoms with E-state index in [1.54, 1.807) is 31.2 Å². The molecule has 0 radical (unpaired) electrons. The number of Topliss-reactive ketones (excluding diaryl/α,β-unsaturated/α-hetero) is 1. The summed E-state index contributed by atoms with van der Waals surface area (Å²) >= 11 is 1.03. The van der Waals surface area contributed by atoms with Gasteiger partial charge in [-0.25, -0.2) is 14.2 Å². The highest BCUT2D eigenvalue weighted by Crippen LogP contribution is 2.24. The van der Waals surface area contributed by atoms with Crippen LogP contribution in [0.25, 0.3) is 0 Å². The second kappa shape index (κ2) is 8.61. The van der Waals surface area contributed by atoms with Crippen LogP contribution in [0.4, 0.5) is 25.7 Å². The summed E-state index contributed by atoms with van der Waals surface area (Å²) in [6.45, 7) is 3.13. The maximum Gasteiger partial charge on any atom is 0.325 e. The van der Waals surface area contributed by atoms with Gasteiger partial charge in [0.25, 0.3) is 5.91 Å². The van der Waals surface area contributed by atoms with Gasteiger partial charge < -0.3 is 10.6 Å². The van der Waals surface area contributed by atoms with Gasteiger partial charge in [-0.2, -0.15) is 0 Å². The van der Waals surface area contributed by atoms with E-state index in [0.29, 0.717) is 27.5 Å². The summed E-state index contributed by atoms with van der Waals surface area (Å²) in [5.74, 6) is -0.837. The minimum absolute atomic E-state index is 0.0594. The normalized spacial score (nSPS) is 10.3. The van der Waals surface area contributed by atoms with E-state index in [-0.39, 0.29) is 16.8 Å². The van der Waals surface area contributed by atoms with Crippen molar-refractivity contribution in [2.24, 2.45) is 0 Å². The number of nitrogens with zero attached hydrogens (tertiary/aromatic N) is 1. The summed E-state index contributed by atoms with van der Waals surface area (Å²) < 4.78 is 12.9. The number of carbonyl (C=O) groups excluding carboxylic acids is 3. The third-order valence-electron chi connectivity index (χ3n) is 3.87. The summed E-state index contributed by atoms with van der Waals surface area (Å²) in [7, 11) is 0. The molecule has 3 N–H and O–H groups in total. The fourth-order valence-corrected chi connectivity index (χ4v) is 3.29. The Hall–Kier alpha value is -3.59. The zero-order chi connectivity index (χ0) is 21.0. The first-order valence-electron chi connectivity index (χ1n) is 8.55. The molecule has 3 rings (SSSR count). The van der Waals surface area contributed by atoms with Crippen LogP contribution in [0.1, 0.15) is 32.6 Å². The number of halogens is 1. The lowest BCUT2D eigenvalue weighted by molar-refractivity contribution is 0.101. The SMILES string of the molecule is CC(=O)c1ccc(NC(=O)c2sc(NC(=O)Nc3ccc(F)cc3)nc2C)cc1. The molecule has 0 atom stereocenters. The zero-order valence-electron chi connectivity index (χ0n) is 15.6. The number of urea groups is 1. The molecular formula is C20H17FN4O3S. The van der Waals surface area contributed by atoms with Crippen LogP contribution < -0.4 is 16.0 Å². The van der Waals surface area contributed by atoms with E-state index in [4.69, 9.17) is 0 Å². The molecule has 3 aromatic rings. The summed E-state index contributed by atoms with van der Waals surface area (Å²) in [5, 5.41) is 8.09. The number of ketones is 1. The molecule has 7 nitrogen and oxygen atoms in total. The van der Waals surface area contributed by atoms with E-state index >= 15 is 0 Å². The number of hydrogen-bond acceptors (Lipinski definition) is 5. The Morgan fingerprint density at radius 3 is 2.10 bits per heavy atom. The van der Waals surface area contributed by atoms with E-state index in [9.17, 15) is 18.8 Å². The van der Waals surface area contributed by atoms with Crippen molar-refractivity contribution in [2.45, 2.75) is 13.8 Å². The molecule has 1 aromatic heterocycles. The first-order valence-corrected chi connectivity index (χ1v) is 9.37. The molecule has 0 saturated carbocycles. The number of carbonyl (C=O) groups is 3. The molecule has 0 aliphatic carbocycles. The van der Waals surface area contributed by atoms with E-state index in [1.807, 2.05) is 0 Å². The van der Waals surface area contributed by atoms with Gasteiger partial charge in [0.1, 0.15) is 10.7 Å². The minimum atomic E-state index is -0.558. The zero-order valence-corrected chi connectivity index (χ0v) is 16.4. The summed E-state index contributed by atoms with van der Waals surface area (Å²) in [4.78, 5) is 40.4. The largest absolute Gasteiger partial charge is 0.325 e. The first-order chi connectivity index (χ1) is 13.8. The van der Waals surface area contributed by atoms with Crippen LogP contribution in [-0.4, -0.2) is 22.7 Å². The molecule has 29 heavy (non-hydrogen) atoms. The van der Waals surface area contributed by atoms with Gasteiger partial charge in [0.15, 0.2) is 10.9 Å².